The fourth-order valence-electron chi connectivity index (χ4n) is 2.16. The second-order valence-electron chi connectivity index (χ2n) is 5.31. The zero-order chi connectivity index (χ0) is 18.4. The molecule has 0 amide bonds. The molecular weight excluding hydrogens is 352 g/mol. The van der Waals surface area contributed by atoms with E-state index in [2.05, 4.69) is 10.2 Å². The summed E-state index contributed by atoms with van der Waals surface area (Å²) < 4.78 is 12.4. The van der Waals surface area contributed by atoms with E-state index in [0.717, 1.165) is 0 Å². The number of nitrogens with two attached hydrogens (primary N) is 1. The van der Waals surface area contributed by atoms with Gasteiger partial charge in [0.2, 0.25) is 5.16 Å². The molecule has 0 aliphatic rings. The highest BCUT2D eigenvalue weighted by Crippen LogP contribution is 2.21. The Labute approximate surface area is 154 Å². The molecule has 2 heterocycles. The molecule has 0 spiro atoms. The summed E-state index contributed by atoms with van der Waals surface area (Å²) in [6.07, 6.45) is 4.66. The summed E-state index contributed by atoms with van der Waals surface area (Å²) in [5.74, 6) is 8.08. The van der Waals surface area contributed by atoms with Crippen molar-refractivity contribution in [1.82, 2.24) is 14.9 Å². The molecule has 0 fully saturated rings. The van der Waals surface area contributed by atoms with Crippen LogP contribution < -0.4 is 10.6 Å². The smallest absolute Gasteiger partial charge is 0.209 e. The van der Waals surface area contributed by atoms with Crippen LogP contribution in [-0.2, 0) is 0 Å². The quantitative estimate of drug-likeness (QED) is 0.214. The average Bonchev–Trinajstić information content (AvgIpc) is 3.28. The molecule has 3 aromatic rings. The summed E-state index contributed by atoms with van der Waals surface area (Å²) in [6, 6.07) is 10.7. The number of aryl methyl sites for hydroxylation is 1. The lowest BCUT2D eigenvalue weighted by molar-refractivity contribution is 0.104. The number of carbonyl (C=O) groups is 1. The predicted octanol–water partition coefficient (Wildman–Crippen LogP) is 2.96. The first-order valence-corrected chi connectivity index (χ1v) is 8.91. The third-order valence-corrected chi connectivity index (χ3v) is 4.41. The van der Waals surface area contributed by atoms with Crippen molar-refractivity contribution in [2.75, 3.05) is 18.2 Å². The van der Waals surface area contributed by atoms with Crippen molar-refractivity contribution in [3.05, 3.63) is 65.9 Å². The number of aromatic nitrogens is 3. The summed E-state index contributed by atoms with van der Waals surface area (Å²) in [7, 11) is 0. The fraction of sp³-hybridized carbons (Fsp3) is 0.167. The highest BCUT2D eigenvalue weighted by atomic mass is 32.2. The maximum atomic E-state index is 12.4. The average molecular weight is 370 g/mol. The van der Waals surface area contributed by atoms with Gasteiger partial charge in [0.15, 0.2) is 5.78 Å². The molecule has 7 nitrogen and oxygen atoms in total. The molecule has 2 N–H and O–H groups in total. The summed E-state index contributed by atoms with van der Waals surface area (Å²) in [5, 5.41) is 8.50. The maximum absolute atomic E-state index is 12.4. The number of para-hydroxylation sites is 1. The van der Waals surface area contributed by atoms with Gasteiger partial charge in [0, 0.05) is 5.75 Å². The lowest BCUT2D eigenvalue weighted by Crippen LogP contribution is -2.12. The van der Waals surface area contributed by atoms with Crippen LogP contribution in [0.5, 0.6) is 5.75 Å². The van der Waals surface area contributed by atoms with Crippen molar-refractivity contribution in [3.63, 3.8) is 0 Å². The first kappa shape index (κ1) is 17.8. The van der Waals surface area contributed by atoms with Crippen LogP contribution >= 0.6 is 11.8 Å². The van der Waals surface area contributed by atoms with Crippen molar-refractivity contribution in [2.24, 2.45) is 0 Å². The van der Waals surface area contributed by atoms with E-state index >= 15 is 0 Å². The number of thioether (sulfide) groups is 1. The third-order valence-electron chi connectivity index (χ3n) is 3.50. The van der Waals surface area contributed by atoms with Crippen LogP contribution in [0.4, 0.5) is 0 Å². The summed E-state index contributed by atoms with van der Waals surface area (Å²) in [4.78, 5) is 12.4. The van der Waals surface area contributed by atoms with Gasteiger partial charge in [-0.3, -0.25) is 4.79 Å². The van der Waals surface area contributed by atoms with Crippen LogP contribution in [0.15, 0.2) is 58.3 Å². The van der Waals surface area contributed by atoms with Gasteiger partial charge in [0.1, 0.15) is 17.3 Å². The number of carbonyl (C=O) groups excluding carboxylic acids is 1. The van der Waals surface area contributed by atoms with Crippen LogP contribution in [0.2, 0.25) is 0 Å². The number of nitrogens with zero attached hydrogens (tertiary/aromatic N) is 3. The fourth-order valence-corrected chi connectivity index (χ4v) is 2.88. The molecule has 1 aromatic carbocycles. The second kappa shape index (κ2) is 8.39. The zero-order valence-corrected chi connectivity index (χ0v) is 15.0. The van der Waals surface area contributed by atoms with Gasteiger partial charge in [0.25, 0.3) is 0 Å². The topological polar surface area (TPSA) is 96.2 Å². The zero-order valence-electron chi connectivity index (χ0n) is 14.2. The molecule has 3 rings (SSSR count). The van der Waals surface area contributed by atoms with E-state index in [4.69, 9.17) is 15.0 Å². The van der Waals surface area contributed by atoms with Crippen molar-refractivity contribution < 1.29 is 13.9 Å². The number of furan rings is 1. The van der Waals surface area contributed by atoms with Gasteiger partial charge in [-0.25, -0.2) is 4.68 Å². The molecule has 0 saturated carbocycles. The molecule has 0 aliphatic heterocycles. The molecule has 0 atom stereocenters. The Hall–Kier alpha value is -3.00. The second-order valence-corrected chi connectivity index (χ2v) is 6.37. The van der Waals surface area contributed by atoms with E-state index < -0.39 is 0 Å². The molecular formula is C18H18N4O3S. The van der Waals surface area contributed by atoms with Gasteiger partial charge >= 0.3 is 0 Å². The maximum Gasteiger partial charge on any atom is 0.209 e. The highest BCUT2D eigenvalue weighted by Gasteiger charge is 2.10. The van der Waals surface area contributed by atoms with Gasteiger partial charge < -0.3 is 15.0 Å². The minimum absolute atomic E-state index is 0.151. The van der Waals surface area contributed by atoms with E-state index in [9.17, 15) is 4.79 Å². The minimum Gasteiger partial charge on any atom is -0.492 e. The Morgan fingerprint density at radius 2 is 2.15 bits per heavy atom. The number of hydrogen-bond donors (Lipinski definition) is 1. The van der Waals surface area contributed by atoms with Crippen LogP contribution in [0.3, 0.4) is 0 Å². The van der Waals surface area contributed by atoms with Crippen LogP contribution in [0.1, 0.15) is 21.9 Å². The number of allylic oxidation sites excluding steroid dienone is 1. The number of nitrogen functional groups attached to an aromatic ring is 1. The van der Waals surface area contributed by atoms with Crippen LogP contribution in [-0.4, -0.2) is 33.0 Å². The molecule has 0 bridgehead atoms. The van der Waals surface area contributed by atoms with E-state index in [1.807, 2.05) is 6.07 Å². The first-order valence-electron chi connectivity index (χ1n) is 7.93. The Bertz CT molecular complexity index is 903. The Balaban J connectivity index is 1.58. The van der Waals surface area contributed by atoms with Gasteiger partial charge in [0.05, 0.1) is 18.4 Å². The van der Waals surface area contributed by atoms with Gasteiger partial charge in [-0.15, -0.1) is 10.2 Å². The van der Waals surface area contributed by atoms with Crippen molar-refractivity contribution in [1.29, 1.82) is 0 Å². The van der Waals surface area contributed by atoms with Crippen molar-refractivity contribution in [3.8, 4) is 5.75 Å². The molecule has 8 heteroatoms. The summed E-state index contributed by atoms with van der Waals surface area (Å²) in [6.45, 7) is 2.19. The number of benzene rings is 1. The number of ether oxygens (including phenoxy) is 1. The van der Waals surface area contributed by atoms with E-state index in [1.54, 1.807) is 49.6 Å². The van der Waals surface area contributed by atoms with E-state index in [-0.39, 0.29) is 5.78 Å². The molecule has 0 unspecified atom stereocenters. The van der Waals surface area contributed by atoms with E-state index in [0.29, 0.717) is 40.4 Å². The van der Waals surface area contributed by atoms with Crippen LogP contribution in [0, 0.1) is 6.92 Å². The molecule has 0 saturated heterocycles. The first-order chi connectivity index (χ1) is 12.6. The largest absolute Gasteiger partial charge is 0.492 e. The monoisotopic (exact) mass is 370 g/mol. The third kappa shape index (κ3) is 4.34. The molecule has 2 aromatic heterocycles. The van der Waals surface area contributed by atoms with Crippen molar-refractivity contribution in [2.45, 2.75) is 12.1 Å². The number of ketones is 1. The lowest BCUT2D eigenvalue weighted by atomic mass is 10.1. The molecule has 26 heavy (non-hydrogen) atoms. The molecule has 0 aliphatic carbocycles. The molecule has 0 radical (unpaired) electrons. The van der Waals surface area contributed by atoms with Crippen LogP contribution in [0.25, 0.3) is 6.08 Å². The van der Waals surface area contributed by atoms with Crippen molar-refractivity contribution >= 4 is 23.6 Å². The summed E-state index contributed by atoms with van der Waals surface area (Å²) >= 11 is 1.44. The standard InChI is InChI=1S/C18H18N4O3S/c1-13-20-21-18(22(13)19)26-12-11-25-17-7-3-2-6-15(17)16(23)9-8-14-5-4-10-24-14/h2-10H,11-12,19H2,1H3. The number of rotatable bonds is 8. The lowest BCUT2D eigenvalue weighted by Gasteiger charge is -2.09. The minimum atomic E-state index is -0.151. The Kier molecular flexibility index (Phi) is 5.75. The van der Waals surface area contributed by atoms with Gasteiger partial charge in [-0.2, -0.15) is 0 Å². The number of hydrogen-bond acceptors (Lipinski definition) is 7. The van der Waals surface area contributed by atoms with E-state index in [1.165, 1.54) is 22.5 Å². The van der Waals surface area contributed by atoms with Gasteiger partial charge in [-0.1, -0.05) is 23.9 Å². The Morgan fingerprint density at radius 1 is 1.31 bits per heavy atom. The predicted molar refractivity (Wildman–Crippen MR) is 99.6 cm³/mol. The summed E-state index contributed by atoms with van der Waals surface area (Å²) in [5.41, 5.74) is 0.498. The highest BCUT2D eigenvalue weighted by molar-refractivity contribution is 7.99. The molecule has 134 valence electrons. The SMILES string of the molecule is Cc1nnc(SCCOc2ccccc2C(=O)C=Cc2ccco2)n1N. The Morgan fingerprint density at radius 3 is 2.88 bits per heavy atom. The normalized spacial score (nSPS) is 11.1. The van der Waals surface area contributed by atoms with Gasteiger partial charge in [-0.05, 0) is 43.3 Å².